The fourth-order valence-electron chi connectivity index (χ4n) is 3.95. The Bertz CT molecular complexity index is 1200. The molecule has 0 saturated carbocycles. The second-order valence-corrected chi connectivity index (χ2v) is 8.19. The van der Waals surface area contributed by atoms with Gasteiger partial charge in [-0.05, 0) is 61.5 Å². The molecule has 2 aromatic carbocycles. The first-order valence-corrected chi connectivity index (χ1v) is 11.6. The van der Waals surface area contributed by atoms with Gasteiger partial charge in [-0.15, -0.1) is 0 Å². The zero-order valence-electron chi connectivity index (χ0n) is 19.8. The molecule has 8 heteroatoms. The van der Waals surface area contributed by atoms with Gasteiger partial charge in [0.1, 0.15) is 17.3 Å². The van der Waals surface area contributed by atoms with Crippen molar-refractivity contribution in [2.75, 3.05) is 25.6 Å². The number of methoxy groups -OCH3 is 1. The average molecular weight is 477 g/mol. The van der Waals surface area contributed by atoms with Crippen LogP contribution in [0.1, 0.15) is 41.4 Å². The molecule has 35 heavy (non-hydrogen) atoms. The van der Waals surface area contributed by atoms with Crippen LogP contribution in [0.3, 0.4) is 0 Å². The average Bonchev–Trinajstić information content (AvgIpc) is 3.31. The zero-order chi connectivity index (χ0) is 24.8. The number of nitrogens with one attached hydrogen (secondary N) is 1. The predicted molar refractivity (Wildman–Crippen MR) is 130 cm³/mol. The van der Waals surface area contributed by atoms with E-state index in [1.807, 2.05) is 23.1 Å². The van der Waals surface area contributed by atoms with E-state index in [4.69, 9.17) is 13.9 Å². The normalized spacial score (nSPS) is 12.6. The molecule has 0 bridgehead atoms. The third kappa shape index (κ3) is 5.90. The number of nitrogens with zero attached hydrogens (tertiary/aromatic N) is 1. The minimum atomic E-state index is -0.385. The highest BCUT2D eigenvalue weighted by Crippen LogP contribution is 2.31. The van der Waals surface area contributed by atoms with Crippen molar-refractivity contribution in [3.05, 3.63) is 71.5 Å². The van der Waals surface area contributed by atoms with Gasteiger partial charge in [0.2, 0.25) is 5.91 Å². The molecular formula is C27H28N2O6. The molecule has 3 aromatic rings. The van der Waals surface area contributed by atoms with Crippen molar-refractivity contribution in [1.82, 2.24) is 4.90 Å². The first kappa shape index (κ1) is 24.1. The van der Waals surface area contributed by atoms with Crippen LogP contribution in [0.2, 0.25) is 0 Å². The number of hydrogen-bond acceptors (Lipinski definition) is 6. The number of fused-ring (bicyclic) bond motifs is 1. The molecule has 1 aliphatic rings. The lowest BCUT2D eigenvalue weighted by Gasteiger charge is -2.26. The third-order valence-corrected chi connectivity index (χ3v) is 5.81. The molecule has 8 nitrogen and oxygen atoms in total. The van der Waals surface area contributed by atoms with Gasteiger partial charge in [-0.25, -0.2) is 0 Å². The zero-order valence-corrected chi connectivity index (χ0v) is 19.8. The minimum Gasteiger partial charge on any atom is -0.497 e. The second-order valence-electron chi connectivity index (χ2n) is 8.19. The summed E-state index contributed by atoms with van der Waals surface area (Å²) in [4.78, 5) is 38.2. The number of furan rings is 1. The van der Waals surface area contributed by atoms with E-state index in [2.05, 4.69) is 5.32 Å². The maximum Gasteiger partial charge on any atom is 0.306 e. The number of esters is 1. The summed E-state index contributed by atoms with van der Waals surface area (Å²) < 4.78 is 16.1. The van der Waals surface area contributed by atoms with Gasteiger partial charge in [0.05, 0.1) is 20.1 Å². The standard InChI is InChI=1S/C27H28N2O6/c1-3-34-26(31)13-12-25(30)28-21-8-4-18(5-9-21)24-16-20-17-29(15-14-23(20)35-24)27(32)19-6-10-22(33-2)11-7-19/h4-11,16H,3,12-15,17H2,1-2H3,(H,28,30). The Labute approximate surface area is 203 Å². The number of ether oxygens (including phenoxy) is 2. The van der Waals surface area contributed by atoms with E-state index < -0.39 is 0 Å². The Hall–Kier alpha value is -4.07. The Balaban J connectivity index is 1.37. The molecule has 0 radical (unpaired) electrons. The van der Waals surface area contributed by atoms with Crippen LogP contribution in [0.25, 0.3) is 11.3 Å². The number of amides is 2. The summed E-state index contributed by atoms with van der Waals surface area (Å²) in [6.07, 6.45) is 0.761. The van der Waals surface area contributed by atoms with Crippen molar-refractivity contribution in [2.45, 2.75) is 32.7 Å². The Kier molecular flexibility index (Phi) is 7.50. The molecule has 0 saturated heterocycles. The predicted octanol–water partition coefficient (Wildman–Crippen LogP) is 4.44. The van der Waals surface area contributed by atoms with E-state index in [9.17, 15) is 14.4 Å². The Morgan fingerprint density at radius 3 is 2.46 bits per heavy atom. The van der Waals surface area contributed by atoms with Crippen LogP contribution in [0.15, 0.2) is 59.0 Å². The molecule has 0 fully saturated rings. The fourth-order valence-corrected chi connectivity index (χ4v) is 3.95. The monoisotopic (exact) mass is 476 g/mol. The molecule has 0 unspecified atom stereocenters. The Morgan fingerprint density at radius 2 is 1.77 bits per heavy atom. The third-order valence-electron chi connectivity index (χ3n) is 5.81. The van der Waals surface area contributed by atoms with Gasteiger partial charge in [0, 0.05) is 48.3 Å². The summed E-state index contributed by atoms with van der Waals surface area (Å²) in [6, 6.07) is 16.4. The van der Waals surface area contributed by atoms with Gasteiger partial charge in [-0.3, -0.25) is 14.4 Å². The maximum atomic E-state index is 12.9. The summed E-state index contributed by atoms with van der Waals surface area (Å²) in [7, 11) is 1.59. The topological polar surface area (TPSA) is 98.1 Å². The first-order valence-electron chi connectivity index (χ1n) is 11.6. The summed E-state index contributed by atoms with van der Waals surface area (Å²) in [5.41, 5.74) is 3.12. The molecule has 1 N–H and O–H groups in total. The van der Waals surface area contributed by atoms with E-state index in [0.29, 0.717) is 48.9 Å². The van der Waals surface area contributed by atoms with Crippen molar-refractivity contribution in [3.63, 3.8) is 0 Å². The lowest BCUT2D eigenvalue weighted by Crippen LogP contribution is -2.35. The molecule has 182 valence electrons. The molecular weight excluding hydrogens is 448 g/mol. The minimum absolute atomic E-state index is 0.0240. The molecule has 1 aromatic heterocycles. The number of carbonyl (C=O) groups is 3. The van der Waals surface area contributed by atoms with Crippen molar-refractivity contribution in [1.29, 1.82) is 0 Å². The van der Waals surface area contributed by atoms with E-state index in [1.54, 1.807) is 50.4 Å². The van der Waals surface area contributed by atoms with Crippen LogP contribution < -0.4 is 10.1 Å². The number of benzene rings is 2. The largest absolute Gasteiger partial charge is 0.497 e. The maximum absolute atomic E-state index is 12.9. The van der Waals surface area contributed by atoms with Gasteiger partial charge in [-0.1, -0.05) is 0 Å². The van der Waals surface area contributed by atoms with E-state index in [1.165, 1.54) is 0 Å². The SMILES string of the molecule is CCOC(=O)CCC(=O)Nc1ccc(-c2cc3c(o2)CCN(C(=O)c2ccc(OC)cc2)C3)cc1. The van der Waals surface area contributed by atoms with Crippen molar-refractivity contribution in [2.24, 2.45) is 0 Å². The van der Waals surface area contributed by atoms with Crippen LogP contribution in [-0.2, 0) is 27.3 Å². The molecule has 2 heterocycles. The molecule has 0 aliphatic carbocycles. The van der Waals surface area contributed by atoms with Crippen molar-refractivity contribution in [3.8, 4) is 17.1 Å². The molecule has 0 atom stereocenters. The van der Waals surface area contributed by atoms with E-state index >= 15 is 0 Å². The quantitative estimate of drug-likeness (QED) is 0.483. The summed E-state index contributed by atoms with van der Waals surface area (Å²) in [5.74, 6) is 1.65. The second kappa shape index (κ2) is 10.9. The van der Waals surface area contributed by atoms with Crippen molar-refractivity contribution < 1.29 is 28.3 Å². The summed E-state index contributed by atoms with van der Waals surface area (Å²) in [6.45, 7) is 3.10. The van der Waals surface area contributed by atoms with Crippen LogP contribution >= 0.6 is 0 Å². The van der Waals surface area contributed by atoms with Crippen molar-refractivity contribution >= 4 is 23.5 Å². The summed E-state index contributed by atoms with van der Waals surface area (Å²) >= 11 is 0. The first-order chi connectivity index (χ1) is 17.0. The fraction of sp³-hybridized carbons (Fsp3) is 0.296. The Morgan fingerprint density at radius 1 is 1.03 bits per heavy atom. The molecule has 1 aliphatic heterocycles. The van der Waals surface area contributed by atoms with Crippen LogP contribution in [0.4, 0.5) is 5.69 Å². The smallest absolute Gasteiger partial charge is 0.306 e. The number of hydrogen-bond donors (Lipinski definition) is 1. The van der Waals surface area contributed by atoms with Crippen LogP contribution in [0.5, 0.6) is 5.75 Å². The van der Waals surface area contributed by atoms with E-state index in [0.717, 1.165) is 16.9 Å². The molecule has 4 rings (SSSR count). The lowest BCUT2D eigenvalue weighted by molar-refractivity contribution is -0.144. The van der Waals surface area contributed by atoms with Gasteiger partial charge >= 0.3 is 5.97 Å². The number of rotatable bonds is 8. The summed E-state index contributed by atoms with van der Waals surface area (Å²) in [5, 5.41) is 2.78. The molecule has 2 amide bonds. The highest BCUT2D eigenvalue weighted by molar-refractivity contribution is 5.94. The molecule has 0 spiro atoms. The lowest BCUT2D eigenvalue weighted by atomic mass is 10.1. The highest BCUT2D eigenvalue weighted by atomic mass is 16.5. The number of carbonyl (C=O) groups excluding carboxylic acids is 3. The highest BCUT2D eigenvalue weighted by Gasteiger charge is 2.25. The van der Waals surface area contributed by atoms with Gasteiger partial charge < -0.3 is 24.1 Å². The van der Waals surface area contributed by atoms with Gasteiger partial charge in [-0.2, -0.15) is 0 Å². The van der Waals surface area contributed by atoms with Crippen LogP contribution in [0, 0.1) is 0 Å². The number of anilines is 1. The van der Waals surface area contributed by atoms with Crippen LogP contribution in [-0.4, -0.2) is 42.9 Å². The van der Waals surface area contributed by atoms with Gasteiger partial charge in [0.25, 0.3) is 5.91 Å². The van der Waals surface area contributed by atoms with E-state index in [-0.39, 0.29) is 30.6 Å². The van der Waals surface area contributed by atoms with Gasteiger partial charge in [0.15, 0.2) is 0 Å².